The van der Waals surface area contributed by atoms with Gasteiger partial charge in [-0.25, -0.2) is 9.59 Å². The minimum absolute atomic E-state index is 0.158. The van der Waals surface area contributed by atoms with Crippen molar-refractivity contribution in [2.75, 3.05) is 0 Å². The first-order valence-corrected chi connectivity index (χ1v) is 6.52. The number of hydrogen-bond donors (Lipinski definition) is 2. The molecule has 0 aliphatic rings. The molecule has 0 aliphatic heterocycles. The Hall–Kier alpha value is -1.75. The second kappa shape index (κ2) is 6.61. The third-order valence-electron chi connectivity index (χ3n) is 2.34. The number of carbonyl (C=O) groups is 2. The predicted molar refractivity (Wildman–Crippen MR) is 75.9 cm³/mol. The fourth-order valence-corrected chi connectivity index (χ4v) is 1.63. The standard InChI is InChI=1S/C14H18ClNO4/c1-14(2,3)20-13(19)16-11(12(17)18)8-9-4-6-10(15)7-5-9/h4-7,11H,8H2,1-3H3,(H,16,19)(H,17,18). The second-order valence-electron chi connectivity index (χ2n) is 5.37. The molecule has 6 heteroatoms. The number of halogens is 1. The number of aliphatic carboxylic acids is 1. The number of carboxylic acid groups (broad SMARTS) is 1. The molecule has 0 saturated heterocycles. The lowest BCUT2D eigenvalue weighted by atomic mass is 10.1. The van der Waals surface area contributed by atoms with Gasteiger partial charge in [-0.3, -0.25) is 0 Å². The molecule has 0 saturated carbocycles. The number of rotatable bonds is 4. The number of benzene rings is 1. The van der Waals surface area contributed by atoms with Crippen LogP contribution in [0.25, 0.3) is 0 Å². The van der Waals surface area contributed by atoms with Gasteiger partial charge < -0.3 is 15.2 Å². The lowest BCUT2D eigenvalue weighted by Crippen LogP contribution is -2.44. The monoisotopic (exact) mass is 299 g/mol. The molecule has 1 amide bonds. The molecule has 20 heavy (non-hydrogen) atoms. The molecule has 2 N–H and O–H groups in total. The minimum atomic E-state index is -1.12. The largest absolute Gasteiger partial charge is 0.480 e. The first kappa shape index (κ1) is 16.3. The van der Waals surface area contributed by atoms with Crippen molar-refractivity contribution in [2.45, 2.75) is 38.8 Å². The van der Waals surface area contributed by atoms with Gasteiger partial charge in [-0.15, -0.1) is 0 Å². The number of nitrogens with one attached hydrogen (secondary N) is 1. The van der Waals surface area contributed by atoms with Crippen molar-refractivity contribution in [2.24, 2.45) is 0 Å². The van der Waals surface area contributed by atoms with Gasteiger partial charge in [0.15, 0.2) is 0 Å². The van der Waals surface area contributed by atoms with Crippen molar-refractivity contribution in [3.8, 4) is 0 Å². The fourth-order valence-electron chi connectivity index (χ4n) is 1.51. The average molecular weight is 300 g/mol. The molecule has 1 atom stereocenters. The quantitative estimate of drug-likeness (QED) is 0.896. The first-order chi connectivity index (χ1) is 9.17. The van der Waals surface area contributed by atoms with Crippen LogP contribution in [-0.4, -0.2) is 28.8 Å². The van der Waals surface area contributed by atoms with Gasteiger partial charge in [0.1, 0.15) is 11.6 Å². The van der Waals surface area contributed by atoms with Gasteiger partial charge in [-0.2, -0.15) is 0 Å². The SMILES string of the molecule is CC(C)(C)OC(=O)NC(Cc1ccc(Cl)cc1)C(=O)O. The summed E-state index contributed by atoms with van der Waals surface area (Å²) in [5.41, 5.74) is 0.0887. The molecule has 0 radical (unpaired) electrons. The van der Waals surface area contributed by atoms with Crippen LogP contribution in [-0.2, 0) is 16.0 Å². The Bertz CT molecular complexity index is 479. The molecule has 110 valence electrons. The van der Waals surface area contributed by atoms with Crippen molar-refractivity contribution in [3.63, 3.8) is 0 Å². The third-order valence-corrected chi connectivity index (χ3v) is 2.59. The Kier molecular flexibility index (Phi) is 5.39. The first-order valence-electron chi connectivity index (χ1n) is 6.14. The highest BCUT2D eigenvalue weighted by Gasteiger charge is 2.24. The van der Waals surface area contributed by atoms with Crippen LogP contribution >= 0.6 is 11.6 Å². The number of alkyl carbamates (subject to hydrolysis) is 1. The zero-order chi connectivity index (χ0) is 15.3. The predicted octanol–water partition coefficient (Wildman–Crippen LogP) is 2.86. The molecule has 0 heterocycles. The highest BCUT2D eigenvalue weighted by molar-refractivity contribution is 6.30. The number of carboxylic acids is 1. The molecule has 5 nitrogen and oxygen atoms in total. The van der Waals surface area contributed by atoms with E-state index in [0.717, 1.165) is 5.56 Å². The lowest BCUT2D eigenvalue weighted by Gasteiger charge is -2.22. The molecular weight excluding hydrogens is 282 g/mol. The van der Waals surface area contributed by atoms with E-state index in [0.29, 0.717) is 5.02 Å². The Balaban J connectivity index is 2.68. The molecular formula is C14H18ClNO4. The van der Waals surface area contributed by atoms with E-state index in [9.17, 15) is 9.59 Å². The molecule has 0 fully saturated rings. The summed E-state index contributed by atoms with van der Waals surface area (Å²) in [6.07, 6.45) is -0.593. The van der Waals surface area contributed by atoms with Gasteiger partial charge in [-0.1, -0.05) is 23.7 Å². The maximum Gasteiger partial charge on any atom is 0.408 e. The molecule has 1 unspecified atom stereocenters. The van der Waals surface area contributed by atoms with E-state index in [4.69, 9.17) is 21.4 Å². The average Bonchev–Trinajstić information content (AvgIpc) is 2.28. The zero-order valence-corrected chi connectivity index (χ0v) is 12.4. The Morgan fingerprint density at radius 1 is 1.30 bits per heavy atom. The second-order valence-corrected chi connectivity index (χ2v) is 5.80. The number of carbonyl (C=O) groups excluding carboxylic acids is 1. The summed E-state index contributed by atoms with van der Waals surface area (Å²) in [5.74, 6) is -1.12. The maximum absolute atomic E-state index is 11.6. The molecule has 0 spiro atoms. The van der Waals surface area contributed by atoms with Crippen molar-refractivity contribution in [3.05, 3.63) is 34.9 Å². The van der Waals surface area contributed by atoms with Crippen molar-refractivity contribution >= 4 is 23.7 Å². The van der Waals surface area contributed by atoms with Crippen LogP contribution < -0.4 is 5.32 Å². The third kappa shape index (κ3) is 5.93. The van der Waals surface area contributed by atoms with Crippen LogP contribution in [0.5, 0.6) is 0 Å². The van der Waals surface area contributed by atoms with E-state index in [1.165, 1.54) is 0 Å². The van der Waals surface area contributed by atoms with Crippen LogP contribution in [0.3, 0.4) is 0 Å². The Morgan fingerprint density at radius 3 is 2.30 bits per heavy atom. The van der Waals surface area contributed by atoms with E-state index < -0.39 is 23.7 Å². The van der Waals surface area contributed by atoms with E-state index in [2.05, 4.69) is 5.32 Å². The van der Waals surface area contributed by atoms with Crippen molar-refractivity contribution in [1.82, 2.24) is 5.32 Å². The summed E-state index contributed by atoms with van der Waals surface area (Å²) in [4.78, 5) is 22.8. The van der Waals surface area contributed by atoms with Crippen molar-refractivity contribution < 1.29 is 19.4 Å². The van der Waals surface area contributed by atoms with Gasteiger partial charge in [0, 0.05) is 11.4 Å². The minimum Gasteiger partial charge on any atom is -0.480 e. The number of ether oxygens (including phenoxy) is 1. The van der Waals surface area contributed by atoms with E-state index in [-0.39, 0.29) is 6.42 Å². The van der Waals surface area contributed by atoms with Crippen LogP contribution in [0.2, 0.25) is 5.02 Å². The van der Waals surface area contributed by atoms with E-state index in [1.54, 1.807) is 45.0 Å². The zero-order valence-electron chi connectivity index (χ0n) is 11.6. The Labute approximate surface area is 122 Å². The van der Waals surface area contributed by atoms with Gasteiger partial charge in [-0.05, 0) is 38.5 Å². The summed E-state index contributed by atoms with van der Waals surface area (Å²) in [5, 5.41) is 12.1. The number of amides is 1. The van der Waals surface area contributed by atoms with E-state index >= 15 is 0 Å². The lowest BCUT2D eigenvalue weighted by molar-refractivity contribution is -0.139. The molecule has 1 rings (SSSR count). The summed E-state index contributed by atoms with van der Waals surface area (Å²) in [6, 6.07) is 5.72. The topological polar surface area (TPSA) is 75.6 Å². The highest BCUT2D eigenvalue weighted by Crippen LogP contribution is 2.12. The van der Waals surface area contributed by atoms with Gasteiger partial charge in [0.25, 0.3) is 0 Å². The molecule has 1 aromatic carbocycles. The summed E-state index contributed by atoms with van der Waals surface area (Å²) < 4.78 is 5.04. The van der Waals surface area contributed by atoms with Crippen LogP contribution in [0, 0.1) is 0 Å². The summed E-state index contributed by atoms with van der Waals surface area (Å²) in [7, 11) is 0. The molecule has 0 aliphatic carbocycles. The van der Waals surface area contributed by atoms with Crippen LogP contribution in [0.4, 0.5) is 4.79 Å². The van der Waals surface area contributed by atoms with Gasteiger partial charge in [0.05, 0.1) is 0 Å². The normalized spacial score (nSPS) is 12.6. The van der Waals surface area contributed by atoms with Gasteiger partial charge in [0.2, 0.25) is 0 Å². The van der Waals surface area contributed by atoms with Crippen molar-refractivity contribution in [1.29, 1.82) is 0 Å². The smallest absolute Gasteiger partial charge is 0.408 e. The molecule has 0 bridgehead atoms. The fraction of sp³-hybridized carbons (Fsp3) is 0.429. The molecule has 0 aromatic heterocycles. The Morgan fingerprint density at radius 2 is 1.85 bits per heavy atom. The number of hydrogen-bond acceptors (Lipinski definition) is 3. The molecule has 1 aromatic rings. The summed E-state index contributed by atoms with van der Waals surface area (Å²) >= 11 is 5.76. The highest BCUT2D eigenvalue weighted by atomic mass is 35.5. The summed E-state index contributed by atoms with van der Waals surface area (Å²) in [6.45, 7) is 5.13. The van der Waals surface area contributed by atoms with E-state index in [1.807, 2.05) is 0 Å². The van der Waals surface area contributed by atoms with Crippen LogP contribution in [0.1, 0.15) is 26.3 Å². The van der Waals surface area contributed by atoms with Gasteiger partial charge >= 0.3 is 12.1 Å². The van der Waals surface area contributed by atoms with Crippen LogP contribution in [0.15, 0.2) is 24.3 Å². The maximum atomic E-state index is 11.6.